The summed E-state index contributed by atoms with van der Waals surface area (Å²) in [4.78, 5) is 24.0. The minimum Gasteiger partial charge on any atom is -0.477 e. The number of alkyl halides is 3. The zero-order valence-corrected chi connectivity index (χ0v) is 14.1. The lowest BCUT2D eigenvalue weighted by Gasteiger charge is -2.12. The molecular weight excluding hydrogens is 404 g/mol. The standard InChI is InChI=1S/C14H5Cl2F3N2O3S/c15-6-2-1-5(4-20)10(16)11(6)25-7-3-8(14(17,18)19)21-12(22)9(7)13(23)24/h1-3H,(H,21,22)(H,23,24). The van der Waals surface area contributed by atoms with Crippen LogP contribution in [0.25, 0.3) is 0 Å². The predicted octanol–water partition coefficient (Wildman–Crippen LogP) is 4.42. The van der Waals surface area contributed by atoms with Gasteiger partial charge in [0.1, 0.15) is 17.3 Å². The molecular formula is C14H5Cl2F3N2O3S. The van der Waals surface area contributed by atoms with Gasteiger partial charge in [0, 0.05) is 4.90 Å². The minimum absolute atomic E-state index is 0.00803. The van der Waals surface area contributed by atoms with E-state index in [2.05, 4.69) is 0 Å². The van der Waals surface area contributed by atoms with Crippen molar-refractivity contribution < 1.29 is 23.1 Å². The molecule has 0 aliphatic rings. The highest BCUT2D eigenvalue weighted by Gasteiger charge is 2.34. The van der Waals surface area contributed by atoms with E-state index < -0.39 is 33.9 Å². The van der Waals surface area contributed by atoms with Gasteiger partial charge in [0.05, 0.1) is 20.5 Å². The number of carboxylic acid groups (broad SMARTS) is 1. The lowest BCUT2D eigenvalue weighted by molar-refractivity contribution is -0.141. The normalized spacial score (nSPS) is 11.2. The van der Waals surface area contributed by atoms with E-state index in [4.69, 9.17) is 33.6 Å². The molecule has 0 atom stereocenters. The van der Waals surface area contributed by atoms with Gasteiger partial charge in [-0.05, 0) is 18.2 Å². The van der Waals surface area contributed by atoms with Crippen LogP contribution in [0.2, 0.25) is 10.0 Å². The summed E-state index contributed by atoms with van der Waals surface area (Å²) in [5, 5.41) is 17.9. The van der Waals surface area contributed by atoms with Crippen molar-refractivity contribution in [2.75, 3.05) is 0 Å². The maximum absolute atomic E-state index is 12.9. The van der Waals surface area contributed by atoms with Crippen LogP contribution in [0.1, 0.15) is 21.6 Å². The Bertz CT molecular complexity index is 968. The van der Waals surface area contributed by atoms with E-state index in [9.17, 15) is 22.8 Å². The quantitative estimate of drug-likeness (QED) is 0.783. The predicted molar refractivity (Wildman–Crippen MR) is 84.3 cm³/mol. The number of carbonyl (C=O) groups is 1. The summed E-state index contributed by atoms with van der Waals surface area (Å²) in [6, 6.07) is 4.82. The molecule has 1 aromatic carbocycles. The fraction of sp³-hybridized carbons (Fsp3) is 0.0714. The highest BCUT2D eigenvalue weighted by atomic mass is 35.5. The second-order valence-electron chi connectivity index (χ2n) is 4.51. The van der Waals surface area contributed by atoms with Gasteiger partial charge < -0.3 is 10.1 Å². The van der Waals surface area contributed by atoms with Gasteiger partial charge in [0.15, 0.2) is 0 Å². The Morgan fingerprint density at radius 3 is 2.48 bits per heavy atom. The van der Waals surface area contributed by atoms with Gasteiger partial charge in [0.25, 0.3) is 5.56 Å². The number of aromatic carboxylic acids is 1. The molecule has 2 aromatic rings. The molecule has 0 unspecified atom stereocenters. The van der Waals surface area contributed by atoms with E-state index in [0.29, 0.717) is 17.8 Å². The third-order valence-electron chi connectivity index (χ3n) is 2.90. The molecule has 5 nitrogen and oxygen atoms in total. The first-order chi connectivity index (χ1) is 11.6. The summed E-state index contributed by atoms with van der Waals surface area (Å²) in [6.07, 6.45) is -4.90. The van der Waals surface area contributed by atoms with Crippen molar-refractivity contribution in [3.8, 4) is 6.07 Å². The monoisotopic (exact) mass is 408 g/mol. The van der Waals surface area contributed by atoms with Crippen molar-refractivity contribution in [1.82, 2.24) is 4.98 Å². The largest absolute Gasteiger partial charge is 0.477 e. The fourth-order valence-corrected chi connectivity index (χ4v) is 3.48. The number of aromatic amines is 1. The van der Waals surface area contributed by atoms with Crippen LogP contribution in [0.4, 0.5) is 13.2 Å². The second kappa shape index (κ2) is 7.00. The molecule has 0 bridgehead atoms. The Morgan fingerprint density at radius 1 is 1.32 bits per heavy atom. The van der Waals surface area contributed by atoms with Gasteiger partial charge in [-0.1, -0.05) is 35.0 Å². The Hall–Kier alpha value is -2.15. The van der Waals surface area contributed by atoms with Crippen molar-refractivity contribution in [1.29, 1.82) is 5.26 Å². The lowest BCUT2D eigenvalue weighted by atomic mass is 10.2. The van der Waals surface area contributed by atoms with Gasteiger partial charge in [0.2, 0.25) is 0 Å². The number of carboxylic acids is 1. The highest BCUT2D eigenvalue weighted by molar-refractivity contribution is 7.99. The molecule has 2 rings (SSSR count). The number of benzene rings is 1. The van der Waals surface area contributed by atoms with Crippen molar-refractivity contribution in [3.05, 3.63) is 55.4 Å². The van der Waals surface area contributed by atoms with Crippen LogP contribution in [-0.4, -0.2) is 16.1 Å². The lowest BCUT2D eigenvalue weighted by Crippen LogP contribution is -2.23. The number of aromatic nitrogens is 1. The van der Waals surface area contributed by atoms with Crippen LogP contribution in [0.3, 0.4) is 0 Å². The number of rotatable bonds is 3. The summed E-state index contributed by atoms with van der Waals surface area (Å²) in [6.45, 7) is 0. The van der Waals surface area contributed by atoms with Crippen LogP contribution >= 0.6 is 35.0 Å². The zero-order valence-electron chi connectivity index (χ0n) is 11.7. The molecule has 1 heterocycles. The van der Waals surface area contributed by atoms with E-state index in [1.807, 2.05) is 0 Å². The third-order valence-corrected chi connectivity index (χ3v) is 5.00. The van der Waals surface area contributed by atoms with Gasteiger partial charge >= 0.3 is 12.1 Å². The Morgan fingerprint density at radius 2 is 1.96 bits per heavy atom. The molecule has 1 aromatic heterocycles. The maximum Gasteiger partial charge on any atom is 0.431 e. The van der Waals surface area contributed by atoms with E-state index in [1.165, 1.54) is 17.1 Å². The molecule has 0 radical (unpaired) electrons. The van der Waals surface area contributed by atoms with Gasteiger partial charge in [-0.3, -0.25) is 4.79 Å². The first-order valence-corrected chi connectivity index (χ1v) is 7.77. The van der Waals surface area contributed by atoms with Gasteiger partial charge in [-0.2, -0.15) is 18.4 Å². The molecule has 130 valence electrons. The summed E-state index contributed by atoms with van der Waals surface area (Å²) in [7, 11) is 0. The molecule has 0 aliphatic carbocycles. The van der Waals surface area contributed by atoms with Crippen molar-refractivity contribution in [3.63, 3.8) is 0 Å². The average molecular weight is 409 g/mol. The van der Waals surface area contributed by atoms with Crippen LogP contribution in [-0.2, 0) is 6.18 Å². The summed E-state index contributed by atoms with van der Waals surface area (Å²) in [5.74, 6) is -1.72. The van der Waals surface area contributed by atoms with Crippen LogP contribution in [0.15, 0.2) is 32.8 Å². The number of halogens is 5. The number of pyridine rings is 1. The minimum atomic E-state index is -4.90. The molecule has 0 aliphatic heterocycles. The van der Waals surface area contributed by atoms with E-state index >= 15 is 0 Å². The summed E-state index contributed by atoms with van der Waals surface area (Å²) in [5.41, 5.74) is -3.75. The summed E-state index contributed by atoms with van der Waals surface area (Å²) >= 11 is 12.4. The Balaban J connectivity index is 2.72. The van der Waals surface area contributed by atoms with Crippen molar-refractivity contribution in [2.24, 2.45) is 0 Å². The first kappa shape index (κ1) is 19.2. The third kappa shape index (κ3) is 3.92. The van der Waals surface area contributed by atoms with Crippen molar-refractivity contribution >= 4 is 40.9 Å². The topological polar surface area (TPSA) is 94.0 Å². The number of nitrogens with one attached hydrogen (secondary N) is 1. The highest BCUT2D eigenvalue weighted by Crippen LogP contribution is 2.42. The zero-order chi connectivity index (χ0) is 18.9. The van der Waals surface area contributed by atoms with Crippen LogP contribution in [0, 0.1) is 11.3 Å². The Kier molecular flexibility index (Phi) is 5.37. The smallest absolute Gasteiger partial charge is 0.431 e. The number of nitriles is 1. The fourth-order valence-electron chi connectivity index (χ4n) is 1.79. The van der Waals surface area contributed by atoms with E-state index in [0.717, 1.165) is 0 Å². The SMILES string of the molecule is N#Cc1ccc(Cl)c(Sc2cc(C(F)(F)F)[nH]c(=O)c2C(=O)O)c1Cl. The molecule has 0 fully saturated rings. The number of hydrogen-bond acceptors (Lipinski definition) is 4. The average Bonchev–Trinajstić information content (AvgIpc) is 2.49. The molecule has 0 saturated carbocycles. The number of nitrogens with zero attached hydrogens (tertiary/aromatic N) is 1. The molecule has 2 N–H and O–H groups in total. The molecule has 25 heavy (non-hydrogen) atoms. The number of H-pyrrole nitrogens is 1. The maximum atomic E-state index is 12.9. The van der Waals surface area contributed by atoms with E-state index in [1.54, 1.807) is 6.07 Å². The van der Waals surface area contributed by atoms with E-state index in [-0.39, 0.29) is 20.5 Å². The Labute approximate surface area is 152 Å². The number of hydrogen-bond donors (Lipinski definition) is 2. The molecule has 0 spiro atoms. The van der Waals surface area contributed by atoms with Gasteiger partial charge in [-0.15, -0.1) is 0 Å². The first-order valence-electron chi connectivity index (χ1n) is 6.20. The van der Waals surface area contributed by atoms with Crippen LogP contribution < -0.4 is 5.56 Å². The second-order valence-corrected chi connectivity index (χ2v) is 6.34. The summed E-state index contributed by atoms with van der Waals surface area (Å²) < 4.78 is 38.6. The van der Waals surface area contributed by atoms with Crippen molar-refractivity contribution in [2.45, 2.75) is 16.0 Å². The van der Waals surface area contributed by atoms with Crippen LogP contribution in [0.5, 0.6) is 0 Å². The molecule has 0 saturated heterocycles. The molecule has 11 heteroatoms. The molecule has 0 amide bonds. The van der Waals surface area contributed by atoms with Gasteiger partial charge in [-0.25, -0.2) is 4.79 Å².